The molecule has 0 nitrogen and oxygen atoms in total. The molecule has 0 N–H and O–H groups in total. The summed E-state index contributed by atoms with van der Waals surface area (Å²) >= 11 is 0. The molecule has 7 aromatic rings. The van der Waals surface area contributed by atoms with Gasteiger partial charge in [-0.1, -0.05) is 346 Å². The molecular formula is C75H118. The van der Waals surface area contributed by atoms with E-state index in [1.54, 1.807) is 0 Å². The number of rotatable bonds is 9. The average molecular weight is 1020 g/mol. The van der Waals surface area contributed by atoms with Crippen LogP contribution in [0.25, 0.3) is 21.5 Å². The molecule has 418 valence electrons. The van der Waals surface area contributed by atoms with Gasteiger partial charge in [-0.3, -0.25) is 0 Å². The maximum atomic E-state index is 2.31. The topological polar surface area (TPSA) is 0 Å². The maximum Gasteiger partial charge on any atom is -0.0149 e. The first-order chi connectivity index (χ1) is 35.7. The van der Waals surface area contributed by atoms with Crippen LogP contribution in [0.1, 0.15) is 297 Å². The van der Waals surface area contributed by atoms with E-state index in [4.69, 9.17) is 0 Å². The minimum Gasteiger partial charge on any atom is -0.0683 e. The fourth-order valence-electron chi connectivity index (χ4n) is 7.86. The first-order valence-corrected chi connectivity index (χ1v) is 30.0. The van der Waals surface area contributed by atoms with Crippen LogP contribution in [0.5, 0.6) is 0 Å². The van der Waals surface area contributed by atoms with Gasteiger partial charge in [-0.2, -0.15) is 0 Å². The van der Waals surface area contributed by atoms with Gasteiger partial charge in [0, 0.05) is 0 Å². The normalized spacial score (nSPS) is 10.1. The van der Waals surface area contributed by atoms with Gasteiger partial charge in [0.25, 0.3) is 0 Å². The van der Waals surface area contributed by atoms with Crippen molar-refractivity contribution in [3.05, 3.63) is 202 Å². The molecule has 0 unspecified atom stereocenters. The summed E-state index contributed by atoms with van der Waals surface area (Å²) < 4.78 is 0. The molecule has 0 aliphatic carbocycles. The van der Waals surface area contributed by atoms with Crippen molar-refractivity contribution in [2.24, 2.45) is 0 Å². The lowest BCUT2D eigenvalue weighted by Gasteiger charge is -2.14. The summed E-state index contributed by atoms with van der Waals surface area (Å²) in [6.07, 6.45) is 0. The fraction of sp³-hybridized carbons (Fsp3) is 0.493. The zero-order chi connectivity index (χ0) is 58.4. The zero-order valence-corrected chi connectivity index (χ0v) is 54.1. The Morgan fingerprint density at radius 2 is 0.440 bits per heavy atom. The predicted octanol–water partition coefficient (Wildman–Crippen LogP) is 26.0. The van der Waals surface area contributed by atoms with Gasteiger partial charge in [0.2, 0.25) is 0 Å². The van der Waals surface area contributed by atoms with Crippen LogP contribution in [0.4, 0.5) is 0 Å². The number of hydrogen-bond acceptors (Lipinski definition) is 0. The van der Waals surface area contributed by atoms with E-state index >= 15 is 0 Å². The van der Waals surface area contributed by atoms with Crippen molar-refractivity contribution in [3.8, 4) is 0 Å². The quantitative estimate of drug-likeness (QED) is 0.135. The number of benzene rings is 7. The second kappa shape index (κ2) is 43.2. The molecule has 0 aliphatic rings. The summed E-state index contributed by atoms with van der Waals surface area (Å²) in [5.74, 6) is 5.67. The largest absolute Gasteiger partial charge is 0.0683 e. The monoisotopic (exact) mass is 1020 g/mol. The van der Waals surface area contributed by atoms with E-state index in [2.05, 4.69) is 276 Å². The van der Waals surface area contributed by atoms with Gasteiger partial charge in [0.05, 0.1) is 0 Å². The molecule has 0 heterocycles. The second-order valence-corrected chi connectivity index (χ2v) is 20.8. The smallest absolute Gasteiger partial charge is 0.0149 e. The first-order valence-electron chi connectivity index (χ1n) is 30.0. The minimum absolute atomic E-state index is 0.603. The maximum absolute atomic E-state index is 2.31. The van der Waals surface area contributed by atoms with E-state index in [1.807, 2.05) is 69.2 Å². The summed E-state index contributed by atoms with van der Waals surface area (Å²) in [7, 11) is 0. The Hall–Kier alpha value is -4.94. The van der Waals surface area contributed by atoms with Gasteiger partial charge in [0.1, 0.15) is 0 Å². The molecule has 0 spiro atoms. The Morgan fingerprint density at radius 1 is 0.187 bits per heavy atom. The number of fused-ring (bicyclic) bond motifs is 2. The number of hydrogen-bond donors (Lipinski definition) is 0. The third-order valence-electron chi connectivity index (χ3n) is 12.4. The molecule has 0 radical (unpaired) electrons. The van der Waals surface area contributed by atoms with Crippen molar-refractivity contribution in [2.45, 2.75) is 247 Å². The van der Waals surface area contributed by atoms with E-state index in [0.717, 1.165) is 0 Å². The molecule has 0 heteroatoms. The van der Waals surface area contributed by atoms with Crippen LogP contribution in [-0.4, -0.2) is 0 Å². The Kier molecular flexibility index (Phi) is 42.8. The third-order valence-corrected chi connectivity index (χ3v) is 12.4. The summed E-state index contributed by atoms with van der Waals surface area (Å²) in [5.41, 5.74) is 13.0. The Balaban J connectivity index is -0.000000831. The molecule has 0 aromatic heterocycles. The van der Waals surface area contributed by atoms with Crippen LogP contribution in [0, 0.1) is 0 Å². The third kappa shape index (κ3) is 28.1. The summed E-state index contributed by atoms with van der Waals surface area (Å²) in [4.78, 5) is 0. The lowest BCUT2D eigenvalue weighted by Crippen LogP contribution is -1.97. The Labute approximate surface area is 468 Å². The Bertz CT molecular complexity index is 2280. The predicted molar refractivity (Wildman–Crippen MR) is 351 cm³/mol. The lowest BCUT2D eigenvalue weighted by atomic mass is 9.91. The second-order valence-electron chi connectivity index (χ2n) is 20.8. The van der Waals surface area contributed by atoms with Crippen molar-refractivity contribution in [1.82, 2.24) is 0 Å². The highest BCUT2D eigenvalue weighted by Gasteiger charge is 2.09. The molecule has 0 saturated carbocycles. The van der Waals surface area contributed by atoms with Gasteiger partial charge in [-0.05, 0) is 125 Å². The molecule has 7 aromatic carbocycles. The van der Waals surface area contributed by atoms with E-state index in [-0.39, 0.29) is 0 Å². The van der Waals surface area contributed by atoms with Crippen LogP contribution in [-0.2, 0) is 0 Å². The lowest BCUT2D eigenvalue weighted by molar-refractivity contribution is 0.790. The molecule has 75 heavy (non-hydrogen) atoms. The molecule has 0 aliphatic heterocycles. The van der Waals surface area contributed by atoms with Crippen LogP contribution in [0.2, 0.25) is 0 Å². The standard InChI is InChI=1S/C16H20.C13H14.3C12H18.5C2H6/c1-11(2)13-5-7-16-10-14(12(3)4)6-8-15(16)9-13;1-10(2)12-9-5-7-11-6-3-4-8-13(11)12;1-9(2)11-5-7-12(8-6-11)10(3)4;1-9(2)11-6-5-7-12(8-11)10(3)4;1-9(2)11-7-5-6-8-12(11)10(3)4;5*1-2/h5-12H,1-4H3;3-10H,1-2H3;3*5-10H,1-4H3;5*1-2H3. The zero-order valence-electron chi connectivity index (χ0n) is 54.1. The van der Waals surface area contributed by atoms with E-state index in [0.29, 0.717) is 53.3 Å². The van der Waals surface area contributed by atoms with Gasteiger partial charge < -0.3 is 0 Å². The van der Waals surface area contributed by atoms with Crippen molar-refractivity contribution >= 4 is 21.5 Å². The SMILES string of the molecule is CC.CC.CC.CC.CC.CC(C)c1ccc(C(C)C)cc1.CC(C)c1ccc2cc(C(C)C)ccc2c1.CC(C)c1cccc(C(C)C)c1.CC(C)c1cccc2ccccc12.CC(C)c1ccccc1C(C)C. The summed E-state index contributed by atoms with van der Waals surface area (Å²) in [6, 6.07) is 55.2. The molecule has 0 amide bonds. The van der Waals surface area contributed by atoms with Gasteiger partial charge in [0.15, 0.2) is 0 Å². The molecule has 0 atom stereocenters. The molecule has 0 fully saturated rings. The van der Waals surface area contributed by atoms with E-state index < -0.39 is 0 Å². The molecule has 0 saturated heterocycles. The molecule has 7 rings (SSSR count). The average Bonchev–Trinajstić information content (AvgIpc) is 3.43. The van der Waals surface area contributed by atoms with Crippen LogP contribution >= 0.6 is 0 Å². The van der Waals surface area contributed by atoms with Gasteiger partial charge in [-0.15, -0.1) is 0 Å². The minimum atomic E-state index is 0.603. The van der Waals surface area contributed by atoms with E-state index in [9.17, 15) is 0 Å². The van der Waals surface area contributed by atoms with Crippen molar-refractivity contribution < 1.29 is 0 Å². The van der Waals surface area contributed by atoms with Crippen molar-refractivity contribution in [1.29, 1.82) is 0 Å². The van der Waals surface area contributed by atoms with Gasteiger partial charge in [-0.25, -0.2) is 0 Å². The van der Waals surface area contributed by atoms with Crippen LogP contribution in [0.3, 0.4) is 0 Å². The van der Waals surface area contributed by atoms with Gasteiger partial charge >= 0.3 is 0 Å². The van der Waals surface area contributed by atoms with Crippen LogP contribution < -0.4 is 0 Å². The molecular weight excluding hydrogens is 901 g/mol. The summed E-state index contributed by atoms with van der Waals surface area (Å²) in [6.45, 7) is 60.3. The van der Waals surface area contributed by atoms with E-state index in [1.165, 1.54) is 71.6 Å². The molecule has 0 bridgehead atoms. The fourth-order valence-corrected chi connectivity index (χ4v) is 7.86. The first kappa shape index (κ1) is 74.3. The highest BCUT2D eigenvalue weighted by molar-refractivity contribution is 5.86. The van der Waals surface area contributed by atoms with Crippen LogP contribution in [0.15, 0.2) is 152 Å². The Morgan fingerprint density at radius 3 is 0.760 bits per heavy atom. The highest BCUT2D eigenvalue weighted by atomic mass is 14.1. The van der Waals surface area contributed by atoms with Crippen molar-refractivity contribution in [3.63, 3.8) is 0 Å². The van der Waals surface area contributed by atoms with Crippen molar-refractivity contribution in [2.75, 3.05) is 0 Å². The summed E-state index contributed by atoms with van der Waals surface area (Å²) in [5, 5.41) is 5.44. The highest BCUT2D eigenvalue weighted by Crippen LogP contribution is 2.28.